The molecular formula is C18H17FN4O2. The summed E-state index contributed by atoms with van der Waals surface area (Å²) in [5, 5.41) is 3.30. The highest BCUT2D eigenvalue weighted by Gasteiger charge is 2.14. The van der Waals surface area contributed by atoms with Crippen LogP contribution in [0, 0.1) is 12.7 Å². The zero-order valence-corrected chi connectivity index (χ0v) is 13.8. The van der Waals surface area contributed by atoms with Gasteiger partial charge in [0, 0.05) is 28.9 Å². The van der Waals surface area contributed by atoms with Gasteiger partial charge in [-0.05, 0) is 43.7 Å². The molecule has 0 aliphatic rings. The molecular weight excluding hydrogens is 323 g/mol. The van der Waals surface area contributed by atoms with Crippen LogP contribution in [0.3, 0.4) is 0 Å². The summed E-state index contributed by atoms with van der Waals surface area (Å²) in [6, 6.07) is 5.23. The van der Waals surface area contributed by atoms with Crippen LogP contribution < -0.4 is 10.9 Å². The number of fused-ring (bicyclic) bond motifs is 1. The van der Waals surface area contributed by atoms with Gasteiger partial charge in [0.1, 0.15) is 11.6 Å². The maximum Gasteiger partial charge on any atom is 0.252 e. The third-order valence-corrected chi connectivity index (χ3v) is 3.80. The zero-order valence-electron chi connectivity index (χ0n) is 13.8. The number of pyridine rings is 1. The van der Waals surface area contributed by atoms with E-state index in [0.29, 0.717) is 16.7 Å². The summed E-state index contributed by atoms with van der Waals surface area (Å²) in [5.74, 6) is -0.244. The van der Waals surface area contributed by atoms with E-state index in [9.17, 15) is 14.0 Å². The van der Waals surface area contributed by atoms with E-state index in [1.807, 2.05) is 6.92 Å². The highest BCUT2D eigenvalue weighted by Crippen LogP contribution is 2.13. The molecule has 0 spiro atoms. The van der Waals surface area contributed by atoms with Crippen LogP contribution >= 0.6 is 0 Å². The van der Waals surface area contributed by atoms with Crippen molar-refractivity contribution in [1.82, 2.24) is 20.3 Å². The fourth-order valence-corrected chi connectivity index (χ4v) is 2.51. The first-order valence-electron chi connectivity index (χ1n) is 7.82. The zero-order chi connectivity index (χ0) is 18.0. The van der Waals surface area contributed by atoms with Gasteiger partial charge in [-0.2, -0.15) is 0 Å². The van der Waals surface area contributed by atoms with Crippen molar-refractivity contribution in [2.24, 2.45) is 0 Å². The maximum atomic E-state index is 13.3. The van der Waals surface area contributed by atoms with Crippen LogP contribution in [0.5, 0.6) is 0 Å². The fraction of sp³-hybridized carbons (Fsp3) is 0.222. The Balaban J connectivity index is 1.76. The van der Waals surface area contributed by atoms with Gasteiger partial charge in [-0.15, -0.1) is 0 Å². The fourth-order valence-electron chi connectivity index (χ4n) is 2.51. The van der Waals surface area contributed by atoms with E-state index in [0.717, 1.165) is 5.56 Å². The highest BCUT2D eigenvalue weighted by molar-refractivity contribution is 5.82. The van der Waals surface area contributed by atoms with Crippen molar-refractivity contribution in [3.8, 4) is 0 Å². The van der Waals surface area contributed by atoms with Gasteiger partial charge in [-0.3, -0.25) is 9.59 Å². The van der Waals surface area contributed by atoms with Crippen molar-refractivity contribution in [1.29, 1.82) is 0 Å². The van der Waals surface area contributed by atoms with Crippen molar-refractivity contribution in [3.05, 3.63) is 69.8 Å². The molecule has 128 valence electrons. The smallest absolute Gasteiger partial charge is 0.252 e. The van der Waals surface area contributed by atoms with E-state index in [4.69, 9.17) is 0 Å². The Hall–Kier alpha value is -3.09. The lowest BCUT2D eigenvalue weighted by atomic mass is 10.1. The quantitative estimate of drug-likeness (QED) is 0.762. The highest BCUT2D eigenvalue weighted by atomic mass is 19.1. The Kier molecular flexibility index (Phi) is 4.56. The average molecular weight is 340 g/mol. The van der Waals surface area contributed by atoms with Gasteiger partial charge < -0.3 is 10.3 Å². The van der Waals surface area contributed by atoms with Crippen LogP contribution in [0.15, 0.2) is 41.5 Å². The number of carbonyl (C=O) groups is 1. The monoisotopic (exact) mass is 340 g/mol. The molecule has 2 N–H and O–H groups in total. The van der Waals surface area contributed by atoms with Crippen LogP contribution in [-0.2, 0) is 11.2 Å². The number of halogens is 1. The number of rotatable bonds is 4. The average Bonchev–Trinajstić information content (AvgIpc) is 2.56. The molecule has 2 aromatic heterocycles. The van der Waals surface area contributed by atoms with Crippen molar-refractivity contribution < 1.29 is 9.18 Å². The van der Waals surface area contributed by atoms with E-state index in [2.05, 4.69) is 20.3 Å². The van der Waals surface area contributed by atoms with Gasteiger partial charge in [-0.25, -0.2) is 14.4 Å². The molecule has 25 heavy (non-hydrogen) atoms. The molecule has 1 amide bonds. The molecule has 7 heteroatoms. The number of aromatic amines is 1. The van der Waals surface area contributed by atoms with E-state index in [1.54, 1.807) is 19.3 Å². The predicted octanol–water partition coefficient (Wildman–Crippen LogP) is 2.19. The summed E-state index contributed by atoms with van der Waals surface area (Å²) >= 11 is 0. The lowest BCUT2D eigenvalue weighted by molar-refractivity contribution is -0.121. The van der Waals surface area contributed by atoms with Crippen molar-refractivity contribution in [3.63, 3.8) is 0 Å². The third kappa shape index (κ3) is 3.88. The summed E-state index contributed by atoms with van der Waals surface area (Å²) in [5.41, 5.74) is 1.36. The SMILES string of the molecule is Cc1cnc([C@H](C)NC(=O)Cc2cc3cc(F)ccc3[nH]c2=O)nc1. The Morgan fingerprint density at radius 1 is 1.28 bits per heavy atom. The molecule has 3 rings (SSSR count). The minimum atomic E-state index is -0.403. The number of nitrogens with one attached hydrogen (secondary N) is 2. The molecule has 6 nitrogen and oxygen atoms in total. The number of H-pyrrole nitrogens is 1. The molecule has 0 saturated heterocycles. The summed E-state index contributed by atoms with van der Waals surface area (Å²) < 4.78 is 13.3. The Morgan fingerprint density at radius 3 is 2.72 bits per heavy atom. The topological polar surface area (TPSA) is 87.7 Å². The summed E-state index contributed by atoms with van der Waals surface area (Å²) in [6.07, 6.45) is 3.24. The van der Waals surface area contributed by atoms with E-state index in [-0.39, 0.29) is 29.5 Å². The summed E-state index contributed by atoms with van der Waals surface area (Å²) in [6.45, 7) is 3.64. The van der Waals surface area contributed by atoms with Crippen LogP contribution in [0.25, 0.3) is 10.9 Å². The first-order chi connectivity index (χ1) is 11.9. The van der Waals surface area contributed by atoms with Crippen LogP contribution in [0.2, 0.25) is 0 Å². The maximum absolute atomic E-state index is 13.3. The van der Waals surface area contributed by atoms with Gasteiger partial charge >= 0.3 is 0 Å². The van der Waals surface area contributed by atoms with Gasteiger partial charge in [-0.1, -0.05) is 0 Å². The number of hydrogen-bond donors (Lipinski definition) is 2. The molecule has 0 bridgehead atoms. The third-order valence-electron chi connectivity index (χ3n) is 3.80. The number of aromatic nitrogens is 3. The van der Waals surface area contributed by atoms with Crippen molar-refractivity contribution in [2.75, 3.05) is 0 Å². The number of carbonyl (C=O) groups excluding carboxylic acids is 1. The molecule has 0 aliphatic carbocycles. The second-order valence-corrected chi connectivity index (χ2v) is 5.94. The number of hydrogen-bond acceptors (Lipinski definition) is 4. The first-order valence-corrected chi connectivity index (χ1v) is 7.82. The molecule has 0 aliphatic heterocycles. The van der Waals surface area contributed by atoms with E-state index >= 15 is 0 Å². The lowest BCUT2D eigenvalue weighted by Crippen LogP contribution is -2.31. The Labute approximate surface area is 143 Å². The number of aryl methyl sites for hydroxylation is 1. The molecule has 3 aromatic rings. The second kappa shape index (κ2) is 6.80. The largest absolute Gasteiger partial charge is 0.346 e. The molecule has 1 atom stereocenters. The molecule has 2 heterocycles. The molecule has 0 radical (unpaired) electrons. The predicted molar refractivity (Wildman–Crippen MR) is 91.6 cm³/mol. The molecule has 0 saturated carbocycles. The molecule has 0 fully saturated rings. The van der Waals surface area contributed by atoms with Crippen molar-refractivity contribution in [2.45, 2.75) is 26.3 Å². The van der Waals surface area contributed by atoms with Crippen LogP contribution in [0.1, 0.15) is 29.9 Å². The Morgan fingerprint density at radius 2 is 2.00 bits per heavy atom. The van der Waals surface area contributed by atoms with Crippen LogP contribution in [0.4, 0.5) is 4.39 Å². The number of amides is 1. The standard InChI is InChI=1S/C18H17FN4O2/c1-10-8-20-17(21-9-10)11(2)22-16(24)7-13-5-12-6-14(19)3-4-15(12)23-18(13)25/h3-6,8-9,11H,7H2,1-2H3,(H,22,24)(H,23,25)/t11-/m0/s1. The minimum Gasteiger partial charge on any atom is -0.346 e. The van der Waals surface area contributed by atoms with E-state index in [1.165, 1.54) is 24.3 Å². The van der Waals surface area contributed by atoms with Crippen molar-refractivity contribution >= 4 is 16.8 Å². The normalized spacial score (nSPS) is 12.1. The summed E-state index contributed by atoms with van der Waals surface area (Å²) in [7, 11) is 0. The lowest BCUT2D eigenvalue weighted by Gasteiger charge is -2.12. The van der Waals surface area contributed by atoms with Gasteiger partial charge in [0.05, 0.1) is 12.5 Å². The van der Waals surface area contributed by atoms with Gasteiger partial charge in [0.15, 0.2) is 0 Å². The molecule has 0 unspecified atom stereocenters. The van der Waals surface area contributed by atoms with E-state index < -0.39 is 5.82 Å². The van der Waals surface area contributed by atoms with Gasteiger partial charge in [0.25, 0.3) is 5.56 Å². The minimum absolute atomic E-state index is 0.113. The summed E-state index contributed by atoms with van der Waals surface area (Å²) in [4.78, 5) is 35.3. The molecule has 1 aromatic carbocycles. The Bertz CT molecular complexity index is 983. The van der Waals surface area contributed by atoms with Crippen LogP contribution in [-0.4, -0.2) is 20.9 Å². The van der Waals surface area contributed by atoms with Gasteiger partial charge in [0.2, 0.25) is 5.91 Å². The number of nitrogens with zero attached hydrogens (tertiary/aromatic N) is 2. The number of benzene rings is 1. The first kappa shape index (κ1) is 16.8. The second-order valence-electron chi connectivity index (χ2n) is 5.94.